The van der Waals surface area contributed by atoms with Crippen LogP contribution >= 0.6 is 0 Å². The van der Waals surface area contributed by atoms with Crippen LogP contribution in [-0.4, -0.2) is 29.9 Å². The van der Waals surface area contributed by atoms with E-state index >= 15 is 0 Å². The monoisotopic (exact) mass is 355 g/mol. The number of nitrogens with one attached hydrogen (secondary N) is 1. The van der Waals surface area contributed by atoms with Crippen molar-refractivity contribution in [2.45, 2.75) is 6.54 Å². The summed E-state index contributed by atoms with van der Waals surface area (Å²) in [7, 11) is 3.02. The fraction of sp³-hybridized carbons (Fsp3) is 0.167. The normalized spacial score (nSPS) is 10.4. The van der Waals surface area contributed by atoms with Crippen molar-refractivity contribution in [3.63, 3.8) is 0 Å². The molecule has 0 fully saturated rings. The average Bonchev–Trinajstić information content (AvgIpc) is 3.18. The number of hydrogen-bond donors (Lipinski definition) is 1. The van der Waals surface area contributed by atoms with Crippen LogP contribution in [0.2, 0.25) is 0 Å². The number of carbonyl (C=O) groups is 1. The molecule has 26 heavy (non-hydrogen) atoms. The summed E-state index contributed by atoms with van der Waals surface area (Å²) in [6.07, 6.45) is 1.51. The lowest BCUT2D eigenvalue weighted by atomic mass is 10.2. The maximum Gasteiger partial charge on any atom is 0.267 e. The van der Waals surface area contributed by atoms with Crippen molar-refractivity contribution in [3.8, 4) is 23.0 Å². The second kappa shape index (κ2) is 7.56. The van der Waals surface area contributed by atoms with Crippen molar-refractivity contribution in [2.24, 2.45) is 0 Å². The van der Waals surface area contributed by atoms with E-state index in [0.717, 1.165) is 4.68 Å². The van der Waals surface area contributed by atoms with Crippen LogP contribution in [0.5, 0.6) is 11.5 Å². The second-order valence-corrected chi connectivity index (χ2v) is 5.31. The summed E-state index contributed by atoms with van der Waals surface area (Å²) >= 11 is 0. The molecule has 0 aliphatic heterocycles. The molecule has 0 aliphatic carbocycles. The van der Waals surface area contributed by atoms with E-state index in [1.807, 2.05) is 0 Å². The Kier molecular flexibility index (Phi) is 5.02. The van der Waals surface area contributed by atoms with E-state index in [1.54, 1.807) is 36.4 Å². The Bertz CT molecular complexity index is 963. The Morgan fingerprint density at radius 2 is 2.04 bits per heavy atom. The van der Waals surface area contributed by atoms with Gasteiger partial charge in [0, 0.05) is 12.1 Å². The standard InChI is InChI=1S/C18H17N3O5/c1-24-12-5-7-15(25-2)14(10-12)19-17(22)11-21-18(23)8-6-13(20-21)16-4-3-9-26-16/h3-10H,11H2,1-2H3,(H,19,22). The highest BCUT2D eigenvalue weighted by molar-refractivity contribution is 5.92. The van der Waals surface area contributed by atoms with E-state index in [0.29, 0.717) is 28.6 Å². The molecule has 3 rings (SSSR count). The Hall–Kier alpha value is -3.55. The van der Waals surface area contributed by atoms with Gasteiger partial charge in [0.25, 0.3) is 5.56 Å². The van der Waals surface area contributed by atoms with Crippen molar-refractivity contribution in [3.05, 3.63) is 59.1 Å². The molecule has 1 N–H and O–H groups in total. The topological polar surface area (TPSA) is 95.6 Å². The third kappa shape index (κ3) is 3.75. The molecule has 0 saturated heterocycles. The predicted molar refractivity (Wildman–Crippen MR) is 94.4 cm³/mol. The Morgan fingerprint density at radius 3 is 2.73 bits per heavy atom. The number of rotatable bonds is 6. The van der Waals surface area contributed by atoms with Crippen molar-refractivity contribution >= 4 is 11.6 Å². The lowest BCUT2D eigenvalue weighted by molar-refractivity contribution is -0.117. The van der Waals surface area contributed by atoms with Crippen LogP contribution in [-0.2, 0) is 11.3 Å². The van der Waals surface area contributed by atoms with Gasteiger partial charge in [-0.05, 0) is 30.3 Å². The van der Waals surface area contributed by atoms with E-state index in [4.69, 9.17) is 13.9 Å². The lowest BCUT2D eigenvalue weighted by Crippen LogP contribution is -2.29. The highest BCUT2D eigenvalue weighted by Crippen LogP contribution is 2.28. The Morgan fingerprint density at radius 1 is 1.19 bits per heavy atom. The van der Waals surface area contributed by atoms with Crippen LogP contribution in [0.4, 0.5) is 5.69 Å². The number of amides is 1. The molecular formula is C18H17N3O5. The maximum atomic E-state index is 12.4. The van der Waals surface area contributed by atoms with E-state index in [9.17, 15) is 9.59 Å². The quantitative estimate of drug-likeness (QED) is 0.728. The molecule has 1 aromatic carbocycles. The first kappa shape index (κ1) is 17.3. The van der Waals surface area contributed by atoms with Crippen LogP contribution in [0, 0.1) is 0 Å². The SMILES string of the molecule is COc1ccc(OC)c(NC(=O)Cn2nc(-c3ccco3)ccc2=O)c1. The van der Waals surface area contributed by atoms with E-state index < -0.39 is 11.5 Å². The summed E-state index contributed by atoms with van der Waals surface area (Å²) in [4.78, 5) is 24.4. The smallest absolute Gasteiger partial charge is 0.267 e. The molecule has 0 spiro atoms. The first-order chi connectivity index (χ1) is 12.6. The van der Waals surface area contributed by atoms with Gasteiger partial charge in [-0.3, -0.25) is 9.59 Å². The predicted octanol–water partition coefficient (Wildman–Crippen LogP) is 2.16. The lowest BCUT2D eigenvalue weighted by Gasteiger charge is -2.12. The summed E-state index contributed by atoms with van der Waals surface area (Å²) in [5.74, 6) is 1.12. The number of nitrogens with zero attached hydrogens (tertiary/aromatic N) is 2. The number of ether oxygens (including phenoxy) is 2. The highest BCUT2D eigenvalue weighted by Gasteiger charge is 2.12. The Balaban J connectivity index is 1.81. The summed E-state index contributed by atoms with van der Waals surface area (Å²) in [5.41, 5.74) is 0.501. The van der Waals surface area contributed by atoms with Gasteiger partial charge in [-0.2, -0.15) is 5.10 Å². The largest absolute Gasteiger partial charge is 0.497 e. The first-order valence-corrected chi connectivity index (χ1v) is 7.74. The highest BCUT2D eigenvalue weighted by atomic mass is 16.5. The van der Waals surface area contributed by atoms with Crippen molar-refractivity contribution < 1.29 is 18.7 Å². The fourth-order valence-electron chi connectivity index (χ4n) is 2.36. The molecule has 2 aromatic heterocycles. The molecule has 0 radical (unpaired) electrons. The van der Waals surface area contributed by atoms with Gasteiger partial charge in [-0.15, -0.1) is 0 Å². The van der Waals surface area contributed by atoms with Crippen LogP contribution in [0.15, 0.2) is 57.9 Å². The van der Waals surface area contributed by atoms with Crippen molar-refractivity contribution in [1.82, 2.24) is 9.78 Å². The molecule has 1 amide bonds. The zero-order valence-electron chi connectivity index (χ0n) is 14.3. The number of hydrogen-bond acceptors (Lipinski definition) is 6. The van der Waals surface area contributed by atoms with Crippen LogP contribution in [0.3, 0.4) is 0 Å². The molecule has 0 unspecified atom stereocenters. The molecule has 8 nitrogen and oxygen atoms in total. The minimum atomic E-state index is -0.428. The van der Waals surface area contributed by atoms with E-state index in [2.05, 4.69) is 10.4 Å². The zero-order chi connectivity index (χ0) is 18.5. The number of benzene rings is 1. The summed E-state index contributed by atoms with van der Waals surface area (Å²) in [6.45, 7) is -0.256. The molecule has 0 atom stereocenters. The number of aromatic nitrogens is 2. The first-order valence-electron chi connectivity index (χ1n) is 7.74. The van der Waals surface area contributed by atoms with Crippen molar-refractivity contribution in [1.29, 1.82) is 0 Å². The maximum absolute atomic E-state index is 12.4. The van der Waals surface area contributed by atoms with Crippen molar-refractivity contribution in [2.75, 3.05) is 19.5 Å². The minimum absolute atomic E-state index is 0.256. The van der Waals surface area contributed by atoms with Gasteiger partial charge in [-0.1, -0.05) is 0 Å². The fourth-order valence-corrected chi connectivity index (χ4v) is 2.36. The Labute approximate surface area is 149 Å². The molecule has 134 valence electrons. The average molecular weight is 355 g/mol. The third-order valence-electron chi connectivity index (χ3n) is 3.61. The number of methoxy groups -OCH3 is 2. The van der Waals surface area contributed by atoms with Gasteiger partial charge in [0.1, 0.15) is 23.7 Å². The van der Waals surface area contributed by atoms with Gasteiger partial charge in [0.05, 0.1) is 26.2 Å². The molecule has 0 bridgehead atoms. The minimum Gasteiger partial charge on any atom is -0.497 e. The number of anilines is 1. The van der Waals surface area contributed by atoms with Crippen LogP contribution < -0.4 is 20.3 Å². The third-order valence-corrected chi connectivity index (χ3v) is 3.61. The van der Waals surface area contributed by atoms with Gasteiger partial charge < -0.3 is 19.2 Å². The van der Waals surface area contributed by atoms with Gasteiger partial charge in [0.15, 0.2) is 5.76 Å². The van der Waals surface area contributed by atoms with E-state index in [1.165, 1.54) is 26.5 Å². The summed E-state index contributed by atoms with van der Waals surface area (Å²) in [6, 6.07) is 11.3. The molecular weight excluding hydrogens is 338 g/mol. The molecule has 3 aromatic rings. The van der Waals surface area contributed by atoms with Gasteiger partial charge >= 0.3 is 0 Å². The van der Waals surface area contributed by atoms with Crippen LogP contribution in [0.25, 0.3) is 11.5 Å². The number of carbonyl (C=O) groups excluding carboxylic acids is 1. The molecule has 0 saturated carbocycles. The van der Waals surface area contributed by atoms with Gasteiger partial charge in [0.2, 0.25) is 5.91 Å². The summed E-state index contributed by atoms with van der Waals surface area (Å²) in [5, 5.41) is 6.87. The molecule has 2 heterocycles. The van der Waals surface area contributed by atoms with Gasteiger partial charge in [-0.25, -0.2) is 4.68 Å². The molecule has 8 heteroatoms. The second-order valence-electron chi connectivity index (χ2n) is 5.31. The van der Waals surface area contributed by atoms with E-state index in [-0.39, 0.29) is 6.54 Å². The zero-order valence-corrected chi connectivity index (χ0v) is 14.3. The summed E-state index contributed by atoms with van der Waals surface area (Å²) < 4.78 is 16.7. The number of furan rings is 1. The molecule has 0 aliphatic rings. The van der Waals surface area contributed by atoms with Crippen LogP contribution in [0.1, 0.15) is 0 Å².